The van der Waals surface area contributed by atoms with Crippen LogP contribution < -0.4 is 20.1 Å². The van der Waals surface area contributed by atoms with E-state index < -0.39 is 17.6 Å². The molecule has 0 bridgehead atoms. The van der Waals surface area contributed by atoms with E-state index in [0.29, 0.717) is 28.6 Å². The zero-order chi connectivity index (χ0) is 28.7. The highest BCUT2D eigenvalue weighted by Gasteiger charge is 2.33. The number of thioether (sulfide) groups is 1. The van der Waals surface area contributed by atoms with E-state index in [4.69, 9.17) is 9.47 Å². The van der Waals surface area contributed by atoms with Crippen molar-refractivity contribution in [2.24, 2.45) is 0 Å². The third-order valence-corrected chi connectivity index (χ3v) is 6.53. The van der Waals surface area contributed by atoms with Gasteiger partial charge in [-0.3, -0.25) is 14.2 Å². The van der Waals surface area contributed by atoms with Crippen LogP contribution in [0, 0.1) is 0 Å². The molecule has 0 saturated carbocycles. The highest BCUT2D eigenvalue weighted by atomic mass is 32.2. The maximum Gasteiger partial charge on any atom is 0.418 e. The van der Waals surface area contributed by atoms with Crippen LogP contribution in [-0.4, -0.2) is 46.6 Å². The Morgan fingerprint density at radius 3 is 2.45 bits per heavy atom. The number of para-hydroxylation sites is 3. The molecule has 208 valence electrons. The zero-order valence-corrected chi connectivity index (χ0v) is 22.2. The van der Waals surface area contributed by atoms with Crippen LogP contribution in [0.3, 0.4) is 0 Å². The number of benzene rings is 3. The SMILES string of the molecule is COc1cccc(C(=O)NCc2nnc(SCC(=O)Nc3ccccc3C(F)(F)F)n2-c2ccccc2OC)c1. The number of carbonyl (C=O) groups is 2. The van der Waals surface area contributed by atoms with Crippen LogP contribution in [-0.2, 0) is 17.5 Å². The van der Waals surface area contributed by atoms with Crippen LogP contribution in [0.15, 0.2) is 78.0 Å². The Kier molecular flexibility index (Phi) is 8.94. The summed E-state index contributed by atoms with van der Waals surface area (Å²) in [6.07, 6.45) is -4.62. The van der Waals surface area contributed by atoms with E-state index in [9.17, 15) is 22.8 Å². The van der Waals surface area contributed by atoms with Crippen molar-refractivity contribution in [1.29, 1.82) is 0 Å². The lowest BCUT2D eigenvalue weighted by Gasteiger charge is -2.15. The second kappa shape index (κ2) is 12.6. The van der Waals surface area contributed by atoms with Gasteiger partial charge >= 0.3 is 6.18 Å². The summed E-state index contributed by atoms with van der Waals surface area (Å²) in [6, 6.07) is 18.4. The number of ether oxygens (including phenoxy) is 2. The molecule has 0 fully saturated rings. The third kappa shape index (κ3) is 6.72. The lowest BCUT2D eigenvalue weighted by Crippen LogP contribution is -2.24. The van der Waals surface area contributed by atoms with E-state index in [-0.39, 0.29) is 29.0 Å². The fourth-order valence-corrected chi connectivity index (χ4v) is 4.51. The van der Waals surface area contributed by atoms with E-state index in [1.54, 1.807) is 53.1 Å². The van der Waals surface area contributed by atoms with Gasteiger partial charge in [-0.1, -0.05) is 42.1 Å². The lowest BCUT2D eigenvalue weighted by molar-refractivity contribution is -0.137. The maximum absolute atomic E-state index is 13.3. The highest BCUT2D eigenvalue weighted by molar-refractivity contribution is 7.99. The topological polar surface area (TPSA) is 107 Å². The minimum absolute atomic E-state index is 0.0210. The monoisotopic (exact) mass is 571 g/mol. The first kappa shape index (κ1) is 28.5. The normalized spacial score (nSPS) is 11.1. The first-order chi connectivity index (χ1) is 19.2. The third-order valence-electron chi connectivity index (χ3n) is 5.60. The van der Waals surface area contributed by atoms with Crippen molar-refractivity contribution in [3.8, 4) is 17.2 Å². The standard InChI is InChI=1S/C27H24F3N5O4S/c1-38-18-9-7-8-17(14-18)25(37)31-15-23-33-34-26(35(23)21-12-5-6-13-22(21)39-2)40-16-24(36)32-20-11-4-3-10-19(20)27(28,29)30/h3-14H,15-16H2,1-2H3,(H,31,37)(H,32,36). The largest absolute Gasteiger partial charge is 0.497 e. The molecule has 0 atom stereocenters. The van der Waals surface area contributed by atoms with Crippen LogP contribution >= 0.6 is 11.8 Å². The summed E-state index contributed by atoms with van der Waals surface area (Å²) in [6.45, 7) is -0.0210. The van der Waals surface area contributed by atoms with Gasteiger partial charge < -0.3 is 20.1 Å². The summed E-state index contributed by atoms with van der Waals surface area (Å²) >= 11 is 0.969. The number of carbonyl (C=O) groups excluding carboxylic acids is 2. The fraction of sp³-hybridized carbons (Fsp3) is 0.185. The fourth-order valence-electron chi connectivity index (χ4n) is 3.75. The molecule has 4 rings (SSSR count). The zero-order valence-electron chi connectivity index (χ0n) is 21.4. The molecule has 0 saturated heterocycles. The molecule has 0 radical (unpaired) electrons. The van der Waals surface area contributed by atoms with Gasteiger partial charge in [0, 0.05) is 5.56 Å². The summed E-state index contributed by atoms with van der Waals surface area (Å²) in [5.41, 5.74) is -0.355. The number of hydrogen-bond donors (Lipinski definition) is 2. The number of anilines is 1. The van der Waals surface area contributed by atoms with E-state index >= 15 is 0 Å². The van der Waals surface area contributed by atoms with Gasteiger partial charge in [-0.05, 0) is 42.5 Å². The van der Waals surface area contributed by atoms with Gasteiger partial charge in [0.1, 0.15) is 11.5 Å². The number of aromatic nitrogens is 3. The van der Waals surface area contributed by atoms with E-state index in [0.717, 1.165) is 17.8 Å². The van der Waals surface area contributed by atoms with Gasteiger partial charge in [0.15, 0.2) is 11.0 Å². The Hall–Kier alpha value is -4.52. The van der Waals surface area contributed by atoms with Crippen LogP contribution in [0.4, 0.5) is 18.9 Å². The molecule has 0 aliphatic rings. The molecule has 2 amide bonds. The maximum atomic E-state index is 13.3. The van der Waals surface area contributed by atoms with Crippen molar-refractivity contribution in [2.75, 3.05) is 25.3 Å². The summed E-state index contributed by atoms with van der Waals surface area (Å²) in [5.74, 6) is 0.0590. The van der Waals surface area contributed by atoms with Gasteiger partial charge in [-0.2, -0.15) is 13.2 Å². The molecular weight excluding hydrogens is 547 g/mol. The van der Waals surface area contributed by atoms with Crippen LogP contribution in [0.1, 0.15) is 21.7 Å². The molecular formula is C27H24F3N5O4S. The minimum atomic E-state index is -4.62. The number of methoxy groups -OCH3 is 2. The van der Waals surface area contributed by atoms with E-state index in [1.807, 2.05) is 0 Å². The summed E-state index contributed by atoms with van der Waals surface area (Å²) in [5, 5.41) is 13.7. The van der Waals surface area contributed by atoms with Gasteiger partial charge in [-0.25, -0.2) is 0 Å². The molecule has 40 heavy (non-hydrogen) atoms. The Bertz CT molecular complexity index is 1510. The second-order valence-corrected chi connectivity index (χ2v) is 9.14. The predicted octanol–water partition coefficient (Wildman–Crippen LogP) is 4.96. The summed E-state index contributed by atoms with van der Waals surface area (Å²) in [4.78, 5) is 25.4. The molecule has 9 nitrogen and oxygen atoms in total. The van der Waals surface area contributed by atoms with Gasteiger partial charge in [0.05, 0.1) is 43.5 Å². The van der Waals surface area contributed by atoms with Crippen LogP contribution in [0.5, 0.6) is 11.5 Å². The summed E-state index contributed by atoms with van der Waals surface area (Å²) < 4.78 is 52.2. The van der Waals surface area contributed by atoms with Crippen molar-refractivity contribution in [3.63, 3.8) is 0 Å². The average molecular weight is 572 g/mol. The average Bonchev–Trinajstić information content (AvgIpc) is 3.37. The quantitative estimate of drug-likeness (QED) is 0.259. The molecule has 4 aromatic rings. The van der Waals surface area contributed by atoms with Gasteiger partial charge in [0.2, 0.25) is 5.91 Å². The van der Waals surface area contributed by atoms with E-state index in [2.05, 4.69) is 20.8 Å². The highest BCUT2D eigenvalue weighted by Crippen LogP contribution is 2.35. The number of nitrogens with zero attached hydrogens (tertiary/aromatic N) is 3. The summed E-state index contributed by atoms with van der Waals surface area (Å²) in [7, 11) is 2.99. The number of alkyl halides is 3. The Labute approximate surface area is 231 Å². The number of nitrogens with one attached hydrogen (secondary N) is 2. The molecule has 0 spiro atoms. The van der Waals surface area contributed by atoms with Gasteiger partial charge in [-0.15, -0.1) is 10.2 Å². The van der Waals surface area contributed by atoms with Crippen molar-refractivity contribution in [1.82, 2.24) is 20.1 Å². The van der Waals surface area contributed by atoms with E-state index in [1.165, 1.54) is 32.4 Å². The molecule has 1 heterocycles. The molecule has 0 aliphatic heterocycles. The molecule has 1 aromatic heterocycles. The smallest absolute Gasteiger partial charge is 0.418 e. The predicted molar refractivity (Wildman–Crippen MR) is 143 cm³/mol. The van der Waals surface area contributed by atoms with Gasteiger partial charge in [0.25, 0.3) is 5.91 Å². The minimum Gasteiger partial charge on any atom is -0.497 e. The first-order valence-corrected chi connectivity index (χ1v) is 12.8. The number of hydrogen-bond acceptors (Lipinski definition) is 7. The Morgan fingerprint density at radius 2 is 1.70 bits per heavy atom. The van der Waals surface area contributed by atoms with Crippen molar-refractivity contribution >= 4 is 29.3 Å². The van der Waals surface area contributed by atoms with Crippen molar-refractivity contribution in [3.05, 3.63) is 89.7 Å². The Balaban J connectivity index is 1.55. The molecule has 2 N–H and O–H groups in total. The molecule has 3 aromatic carbocycles. The number of amides is 2. The molecule has 0 aliphatic carbocycles. The first-order valence-electron chi connectivity index (χ1n) is 11.8. The number of rotatable bonds is 10. The van der Waals surface area contributed by atoms with Crippen LogP contribution in [0.2, 0.25) is 0 Å². The van der Waals surface area contributed by atoms with Crippen molar-refractivity contribution in [2.45, 2.75) is 17.9 Å². The second-order valence-electron chi connectivity index (χ2n) is 8.20. The van der Waals surface area contributed by atoms with Crippen LogP contribution in [0.25, 0.3) is 5.69 Å². The molecule has 13 heteroatoms. The number of halogens is 3. The Morgan fingerprint density at radius 1 is 0.950 bits per heavy atom. The molecule has 0 unspecified atom stereocenters. The van der Waals surface area contributed by atoms with Crippen molar-refractivity contribution < 1.29 is 32.2 Å². The lowest BCUT2D eigenvalue weighted by atomic mass is 10.1.